The summed E-state index contributed by atoms with van der Waals surface area (Å²) in [6.45, 7) is 0. The number of hydrogen-bond acceptors (Lipinski definition) is 3. The fourth-order valence-electron chi connectivity index (χ4n) is 2.19. The summed E-state index contributed by atoms with van der Waals surface area (Å²) in [5.74, 6) is 0.207. The predicted molar refractivity (Wildman–Crippen MR) is 71.2 cm³/mol. The van der Waals surface area contributed by atoms with Crippen molar-refractivity contribution in [1.82, 2.24) is 0 Å². The monoisotopic (exact) mass is 246 g/mol. The van der Waals surface area contributed by atoms with Gasteiger partial charge >= 0.3 is 0 Å². The number of thiophene rings is 1. The van der Waals surface area contributed by atoms with Gasteiger partial charge in [0.15, 0.2) is 0 Å². The molecule has 3 N–H and O–H groups in total. The van der Waals surface area contributed by atoms with Gasteiger partial charge < -0.3 is 11.1 Å². The van der Waals surface area contributed by atoms with Crippen LogP contribution in [0.5, 0.6) is 0 Å². The third-order valence-electron chi connectivity index (χ3n) is 3.28. The standard InChI is InChI=1S/C13H14N2OS/c14-9-5-8(6-9)13(16)15-11-7-17-12-4-2-1-3-10(11)12/h1-4,7-9H,5-6,14H2,(H,15,16). The largest absolute Gasteiger partial charge is 0.328 e. The van der Waals surface area contributed by atoms with Gasteiger partial charge in [-0.15, -0.1) is 11.3 Å². The molecule has 0 saturated heterocycles. The minimum Gasteiger partial charge on any atom is -0.328 e. The Hall–Kier alpha value is -1.39. The first kappa shape index (κ1) is 10.7. The first-order valence-electron chi connectivity index (χ1n) is 5.76. The molecule has 1 saturated carbocycles. The number of nitrogens with one attached hydrogen (secondary N) is 1. The average molecular weight is 246 g/mol. The minimum atomic E-state index is 0.101. The van der Waals surface area contributed by atoms with E-state index in [0.29, 0.717) is 0 Å². The molecule has 1 aromatic carbocycles. The lowest BCUT2D eigenvalue weighted by Crippen LogP contribution is -2.42. The third kappa shape index (κ3) is 1.94. The Bertz CT molecular complexity index is 557. The van der Waals surface area contributed by atoms with Crippen molar-refractivity contribution in [2.24, 2.45) is 11.7 Å². The zero-order valence-electron chi connectivity index (χ0n) is 9.35. The van der Waals surface area contributed by atoms with Gasteiger partial charge in [0, 0.05) is 27.4 Å². The van der Waals surface area contributed by atoms with E-state index in [4.69, 9.17) is 5.73 Å². The molecule has 3 nitrogen and oxygen atoms in total. The number of amides is 1. The molecule has 1 fully saturated rings. The van der Waals surface area contributed by atoms with Crippen LogP contribution in [0, 0.1) is 5.92 Å². The van der Waals surface area contributed by atoms with Crippen LogP contribution >= 0.6 is 11.3 Å². The Morgan fingerprint density at radius 1 is 1.35 bits per heavy atom. The highest BCUT2D eigenvalue weighted by molar-refractivity contribution is 7.17. The Kier molecular flexibility index (Phi) is 2.61. The van der Waals surface area contributed by atoms with E-state index in [2.05, 4.69) is 11.4 Å². The molecule has 1 aliphatic carbocycles. The summed E-state index contributed by atoms with van der Waals surface area (Å²) < 4.78 is 1.20. The number of carbonyl (C=O) groups is 1. The summed E-state index contributed by atoms with van der Waals surface area (Å²) >= 11 is 1.65. The molecule has 2 aromatic rings. The topological polar surface area (TPSA) is 55.1 Å². The highest BCUT2D eigenvalue weighted by atomic mass is 32.1. The van der Waals surface area contributed by atoms with Crippen LogP contribution in [-0.2, 0) is 4.79 Å². The number of benzene rings is 1. The lowest BCUT2D eigenvalue weighted by atomic mass is 9.80. The quantitative estimate of drug-likeness (QED) is 0.855. The molecule has 0 radical (unpaired) electrons. The van der Waals surface area contributed by atoms with Crippen LogP contribution in [0.3, 0.4) is 0 Å². The molecule has 0 bridgehead atoms. The first-order valence-corrected chi connectivity index (χ1v) is 6.64. The molecule has 1 amide bonds. The van der Waals surface area contributed by atoms with Crippen LogP contribution in [0.2, 0.25) is 0 Å². The second kappa shape index (κ2) is 4.13. The lowest BCUT2D eigenvalue weighted by Gasteiger charge is -2.30. The van der Waals surface area contributed by atoms with Crippen molar-refractivity contribution in [3.63, 3.8) is 0 Å². The van der Waals surface area contributed by atoms with Crippen LogP contribution < -0.4 is 11.1 Å². The van der Waals surface area contributed by atoms with Gasteiger partial charge in [0.05, 0.1) is 5.69 Å². The van der Waals surface area contributed by atoms with E-state index in [9.17, 15) is 4.79 Å². The fourth-order valence-corrected chi connectivity index (χ4v) is 3.08. The molecule has 3 rings (SSSR count). The second-order valence-electron chi connectivity index (χ2n) is 4.56. The van der Waals surface area contributed by atoms with Gasteiger partial charge in [0.25, 0.3) is 0 Å². The Morgan fingerprint density at radius 3 is 2.88 bits per heavy atom. The summed E-state index contributed by atoms with van der Waals surface area (Å²) in [5, 5.41) is 6.12. The van der Waals surface area contributed by atoms with Crippen molar-refractivity contribution in [1.29, 1.82) is 0 Å². The van der Waals surface area contributed by atoms with Crippen molar-refractivity contribution in [3.05, 3.63) is 29.6 Å². The van der Waals surface area contributed by atoms with Crippen LogP contribution in [0.25, 0.3) is 10.1 Å². The van der Waals surface area contributed by atoms with E-state index < -0.39 is 0 Å². The number of nitrogens with two attached hydrogens (primary N) is 1. The highest BCUT2D eigenvalue weighted by Crippen LogP contribution is 2.32. The SMILES string of the molecule is NC1CC(C(=O)Nc2csc3ccccc23)C1. The predicted octanol–water partition coefficient (Wildman–Crippen LogP) is 2.58. The van der Waals surface area contributed by atoms with Gasteiger partial charge in [-0.05, 0) is 18.9 Å². The molecular formula is C13H14N2OS. The zero-order chi connectivity index (χ0) is 11.8. The number of anilines is 1. The summed E-state index contributed by atoms with van der Waals surface area (Å²) in [6, 6.07) is 8.31. The number of rotatable bonds is 2. The average Bonchev–Trinajstić information content (AvgIpc) is 2.69. The van der Waals surface area contributed by atoms with Gasteiger partial charge in [0.1, 0.15) is 0 Å². The van der Waals surface area contributed by atoms with Gasteiger partial charge in [-0.1, -0.05) is 18.2 Å². The molecule has 4 heteroatoms. The molecular weight excluding hydrogens is 232 g/mol. The summed E-state index contributed by atoms with van der Waals surface area (Å²) in [5.41, 5.74) is 6.62. The van der Waals surface area contributed by atoms with Crippen molar-refractivity contribution in [2.45, 2.75) is 18.9 Å². The van der Waals surface area contributed by atoms with Crippen LogP contribution in [-0.4, -0.2) is 11.9 Å². The van der Waals surface area contributed by atoms with E-state index in [1.165, 1.54) is 4.70 Å². The fraction of sp³-hybridized carbons (Fsp3) is 0.308. The summed E-state index contributed by atoms with van der Waals surface area (Å²) in [7, 11) is 0. The van der Waals surface area contributed by atoms with Crippen molar-refractivity contribution in [2.75, 3.05) is 5.32 Å². The molecule has 1 aliphatic rings. The smallest absolute Gasteiger partial charge is 0.227 e. The summed E-state index contributed by atoms with van der Waals surface area (Å²) in [4.78, 5) is 11.9. The zero-order valence-corrected chi connectivity index (χ0v) is 10.2. The van der Waals surface area contributed by atoms with E-state index >= 15 is 0 Å². The Labute approximate surface area is 104 Å². The third-order valence-corrected chi connectivity index (χ3v) is 4.25. The van der Waals surface area contributed by atoms with Crippen molar-refractivity contribution in [3.8, 4) is 0 Å². The molecule has 0 atom stereocenters. The van der Waals surface area contributed by atoms with Crippen molar-refractivity contribution >= 4 is 33.0 Å². The van der Waals surface area contributed by atoms with E-state index in [1.807, 2.05) is 23.6 Å². The summed E-state index contributed by atoms with van der Waals surface area (Å²) in [6.07, 6.45) is 1.63. The van der Waals surface area contributed by atoms with Gasteiger partial charge in [-0.3, -0.25) is 4.79 Å². The minimum absolute atomic E-state index is 0.101. The van der Waals surface area contributed by atoms with Crippen LogP contribution in [0.1, 0.15) is 12.8 Å². The lowest BCUT2D eigenvalue weighted by molar-refractivity contribution is -0.122. The maximum absolute atomic E-state index is 11.9. The van der Waals surface area contributed by atoms with E-state index in [-0.39, 0.29) is 17.9 Å². The van der Waals surface area contributed by atoms with E-state index in [1.54, 1.807) is 11.3 Å². The van der Waals surface area contributed by atoms with Crippen LogP contribution in [0.4, 0.5) is 5.69 Å². The molecule has 88 valence electrons. The van der Waals surface area contributed by atoms with Gasteiger partial charge in [-0.2, -0.15) is 0 Å². The molecule has 1 aromatic heterocycles. The first-order chi connectivity index (χ1) is 8.24. The Morgan fingerprint density at radius 2 is 2.12 bits per heavy atom. The molecule has 0 unspecified atom stereocenters. The van der Waals surface area contributed by atoms with Gasteiger partial charge in [-0.25, -0.2) is 0 Å². The maximum atomic E-state index is 11.9. The molecule has 0 spiro atoms. The Balaban J connectivity index is 1.78. The molecule has 0 aliphatic heterocycles. The second-order valence-corrected chi connectivity index (χ2v) is 5.47. The number of hydrogen-bond donors (Lipinski definition) is 2. The highest BCUT2D eigenvalue weighted by Gasteiger charge is 2.32. The van der Waals surface area contributed by atoms with E-state index in [0.717, 1.165) is 23.9 Å². The number of carbonyl (C=O) groups excluding carboxylic acids is 1. The maximum Gasteiger partial charge on any atom is 0.227 e. The van der Waals surface area contributed by atoms with Crippen LogP contribution in [0.15, 0.2) is 29.6 Å². The normalized spacial score (nSPS) is 23.4. The van der Waals surface area contributed by atoms with Crippen molar-refractivity contribution < 1.29 is 4.79 Å². The number of fused-ring (bicyclic) bond motifs is 1. The molecule has 1 heterocycles. The molecule has 17 heavy (non-hydrogen) atoms. The van der Waals surface area contributed by atoms with Gasteiger partial charge in [0.2, 0.25) is 5.91 Å².